The largest absolute Gasteiger partial charge is 0.478 e. The summed E-state index contributed by atoms with van der Waals surface area (Å²) in [6.07, 6.45) is 3.56. The first-order valence-electron chi connectivity index (χ1n) is 5.69. The van der Waals surface area contributed by atoms with Crippen LogP contribution in [-0.2, 0) is 4.79 Å². The van der Waals surface area contributed by atoms with Gasteiger partial charge >= 0.3 is 5.97 Å². The summed E-state index contributed by atoms with van der Waals surface area (Å²) in [5.41, 5.74) is 2.37. The van der Waals surface area contributed by atoms with Crippen molar-refractivity contribution in [1.29, 1.82) is 0 Å². The molecule has 0 heterocycles. The van der Waals surface area contributed by atoms with E-state index in [1.165, 1.54) is 12.5 Å². The fourth-order valence-corrected chi connectivity index (χ4v) is 0.589. The molecule has 0 atom stereocenters. The number of hydrogen-bond donors (Lipinski definition) is 1. The highest BCUT2D eigenvalue weighted by Gasteiger charge is 1.90. The third kappa shape index (κ3) is 15.7. The number of carbonyl (C=O) groups is 1. The zero-order valence-electron chi connectivity index (χ0n) is 11.7. The van der Waals surface area contributed by atoms with Gasteiger partial charge in [0.25, 0.3) is 0 Å². The van der Waals surface area contributed by atoms with Crippen molar-refractivity contribution in [3.8, 4) is 0 Å². The summed E-state index contributed by atoms with van der Waals surface area (Å²) in [6, 6.07) is 10.0. The van der Waals surface area contributed by atoms with E-state index in [-0.39, 0.29) is 5.57 Å². The molecule has 1 rings (SSSR count). The highest BCUT2D eigenvalue weighted by molar-refractivity contribution is 5.84. The molecule has 1 aromatic rings. The SMILES string of the molecule is C=C(C)C(=O)O.C=CC(=C)C.C=Cc1ccccc1. The van der Waals surface area contributed by atoms with Crippen molar-refractivity contribution in [2.24, 2.45) is 0 Å². The predicted molar refractivity (Wildman–Crippen MR) is 84.0 cm³/mol. The van der Waals surface area contributed by atoms with E-state index in [0.717, 1.165) is 5.57 Å². The van der Waals surface area contributed by atoms with Gasteiger partial charge in [0.2, 0.25) is 0 Å². The van der Waals surface area contributed by atoms with Gasteiger partial charge < -0.3 is 5.11 Å². The number of rotatable bonds is 3. The van der Waals surface area contributed by atoms with Gasteiger partial charge in [0.15, 0.2) is 0 Å². The second kappa shape index (κ2) is 12.1. The third-order valence-electron chi connectivity index (χ3n) is 1.75. The first-order chi connectivity index (χ1) is 8.84. The maximum atomic E-state index is 9.60. The quantitative estimate of drug-likeness (QED) is 0.629. The molecule has 1 N–H and O–H groups in total. The van der Waals surface area contributed by atoms with Crippen LogP contribution < -0.4 is 0 Å². The van der Waals surface area contributed by atoms with E-state index in [2.05, 4.69) is 26.3 Å². The smallest absolute Gasteiger partial charge is 0.330 e. The van der Waals surface area contributed by atoms with E-state index in [9.17, 15) is 4.79 Å². The average Bonchev–Trinajstić information content (AvgIpc) is 2.40. The fourth-order valence-electron chi connectivity index (χ4n) is 0.589. The highest BCUT2D eigenvalue weighted by Crippen LogP contribution is 1.97. The molecule has 0 bridgehead atoms. The molecule has 0 amide bonds. The van der Waals surface area contributed by atoms with Gasteiger partial charge in [0.1, 0.15) is 0 Å². The van der Waals surface area contributed by atoms with Crippen LogP contribution in [-0.4, -0.2) is 11.1 Å². The Morgan fingerprint density at radius 3 is 1.63 bits per heavy atom. The third-order valence-corrected chi connectivity index (χ3v) is 1.75. The van der Waals surface area contributed by atoms with Crippen molar-refractivity contribution >= 4 is 12.0 Å². The monoisotopic (exact) mass is 258 g/mol. The minimum absolute atomic E-state index is 0.176. The van der Waals surface area contributed by atoms with Crippen LogP contribution in [0.3, 0.4) is 0 Å². The van der Waals surface area contributed by atoms with Crippen molar-refractivity contribution in [2.45, 2.75) is 13.8 Å². The molecule has 19 heavy (non-hydrogen) atoms. The molecule has 0 aliphatic heterocycles. The highest BCUT2D eigenvalue weighted by atomic mass is 16.4. The number of carboxylic acid groups (broad SMARTS) is 1. The molecule has 0 spiro atoms. The van der Waals surface area contributed by atoms with Gasteiger partial charge in [-0.05, 0) is 19.4 Å². The Hall–Kier alpha value is -2.35. The zero-order chi connectivity index (χ0) is 15.3. The first-order valence-corrected chi connectivity index (χ1v) is 5.69. The van der Waals surface area contributed by atoms with E-state index in [1.54, 1.807) is 6.08 Å². The molecule has 0 aliphatic rings. The maximum Gasteiger partial charge on any atom is 0.330 e. The van der Waals surface area contributed by atoms with Gasteiger partial charge in [-0.1, -0.05) is 74.4 Å². The molecule has 0 fully saturated rings. The fraction of sp³-hybridized carbons (Fsp3) is 0.118. The van der Waals surface area contributed by atoms with Crippen LogP contribution in [0.5, 0.6) is 0 Å². The predicted octanol–water partition coefficient (Wildman–Crippen LogP) is 4.73. The van der Waals surface area contributed by atoms with E-state index in [4.69, 9.17) is 5.11 Å². The van der Waals surface area contributed by atoms with Gasteiger partial charge in [-0.15, -0.1) is 0 Å². The summed E-state index contributed by atoms with van der Waals surface area (Å²) < 4.78 is 0. The first kappa shape index (κ1) is 19.0. The van der Waals surface area contributed by atoms with Crippen LogP contribution >= 0.6 is 0 Å². The van der Waals surface area contributed by atoms with E-state index in [0.29, 0.717) is 0 Å². The van der Waals surface area contributed by atoms with Gasteiger partial charge in [0.05, 0.1) is 0 Å². The Labute approximate surface area is 116 Å². The van der Waals surface area contributed by atoms with Crippen LogP contribution in [0.1, 0.15) is 19.4 Å². The topological polar surface area (TPSA) is 37.3 Å². The lowest BCUT2D eigenvalue weighted by atomic mass is 10.2. The van der Waals surface area contributed by atoms with Gasteiger partial charge in [-0.3, -0.25) is 0 Å². The zero-order valence-corrected chi connectivity index (χ0v) is 11.7. The molecule has 0 radical (unpaired) electrons. The molecular formula is C17H22O2. The maximum absolute atomic E-state index is 9.60. The molecule has 2 nitrogen and oxygen atoms in total. The van der Waals surface area contributed by atoms with E-state index < -0.39 is 5.97 Å². The molecule has 102 valence electrons. The number of carboxylic acids is 1. The van der Waals surface area contributed by atoms with Crippen molar-refractivity contribution in [3.63, 3.8) is 0 Å². The summed E-state index contributed by atoms with van der Waals surface area (Å²) in [5.74, 6) is -0.935. The van der Waals surface area contributed by atoms with Crippen molar-refractivity contribution < 1.29 is 9.90 Å². The standard InChI is InChI=1S/C8H8.C5H8.C4H6O2/c1-2-8-6-4-3-5-7-8;1-4-5(2)3;1-3(2)4(5)6/h2-7H,1H2;4H,1-2H2,3H3;1H2,2H3,(H,5,6). The molecule has 2 heteroatoms. The molecule has 0 aliphatic carbocycles. The Bertz CT molecular complexity index is 416. The number of benzene rings is 1. The van der Waals surface area contributed by atoms with Crippen LogP contribution in [0.2, 0.25) is 0 Å². The van der Waals surface area contributed by atoms with Gasteiger partial charge in [0, 0.05) is 5.57 Å². The van der Waals surface area contributed by atoms with Gasteiger partial charge in [-0.2, -0.15) is 0 Å². The molecule has 0 saturated carbocycles. The average molecular weight is 258 g/mol. The minimum Gasteiger partial charge on any atom is -0.478 e. The van der Waals surface area contributed by atoms with Crippen molar-refractivity contribution in [1.82, 2.24) is 0 Å². The Morgan fingerprint density at radius 1 is 1.11 bits per heavy atom. The summed E-state index contributed by atoms with van der Waals surface area (Å²) in [7, 11) is 0. The van der Waals surface area contributed by atoms with Crippen molar-refractivity contribution in [3.05, 3.63) is 79.4 Å². The second-order valence-electron chi connectivity index (χ2n) is 3.75. The number of hydrogen-bond acceptors (Lipinski definition) is 1. The summed E-state index contributed by atoms with van der Waals surface area (Å²) >= 11 is 0. The number of allylic oxidation sites excluding steroid dienone is 2. The van der Waals surface area contributed by atoms with Crippen LogP contribution in [0.25, 0.3) is 6.08 Å². The van der Waals surface area contributed by atoms with Gasteiger partial charge in [-0.25, -0.2) is 4.79 Å². The molecular weight excluding hydrogens is 236 g/mol. The molecule has 0 unspecified atom stereocenters. The lowest BCUT2D eigenvalue weighted by Crippen LogP contribution is -1.92. The number of aliphatic carboxylic acids is 1. The van der Waals surface area contributed by atoms with Crippen LogP contribution in [0.15, 0.2) is 73.9 Å². The molecule has 0 saturated heterocycles. The molecule has 0 aromatic heterocycles. The lowest BCUT2D eigenvalue weighted by molar-refractivity contribution is -0.132. The van der Waals surface area contributed by atoms with Crippen molar-refractivity contribution in [2.75, 3.05) is 0 Å². The van der Waals surface area contributed by atoms with Crippen LogP contribution in [0.4, 0.5) is 0 Å². The Kier molecular flexibility index (Phi) is 12.1. The minimum atomic E-state index is -0.935. The van der Waals surface area contributed by atoms with Crippen LogP contribution in [0, 0.1) is 0 Å². The molecule has 1 aromatic carbocycles. The Balaban J connectivity index is 0. The summed E-state index contributed by atoms with van der Waals surface area (Å²) in [4.78, 5) is 9.60. The van der Waals surface area contributed by atoms with E-state index in [1.807, 2.05) is 43.3 Å². The lowest BCUT2D eigenvalue weighted by Gasteiger charge is -1.85. The summed E-state index contributed by atoms with van der Waals surface area (Å²) in [6.45, 7) is 17.2. The Morgan fingerprint density at radius 2 is 1.47 bits per heavy atom. The second-order valence-corrected chi connectivity index (χ2v) is 3.75. The summed E-state index contributed by atoms with van der Waals surface area (Å²) in [5, 5.41) is 7.89. The normalized spacial score (nSPS) is 7.68. The van der Waals surface area contributed by atoms with E-state index >= 15 is 0 Å².